The molecule has 5 nitrogen and oxygen atoms in total. The Kier molecular flexibility index (Phi) is 5.52. The van der Waals surface area contributed by atoms with E-state index in [9.17, 15) is 4.79 Å². The molecule has 1 N–H and O–H groups in total. The molecule has 1 aliphatic rings. The first-order chi connectivity index (χ1) is 10.6. The number of carbonyl (C=O) groups is 1. The van der Waals surface area contributed by atoms with Crippen molar-refractivity contribution in [3.05, 3.63) is 17.7 Å². The Morgan fingerprint density at radius 2 is 1.77 bits per heavy atom. The van der Waals surface area contributed by atoms with E-state index in [1.165, 1.54) is 12.8 Å². The van der Waals surface area contributed by atoms with Gasteiger partial charge >= 0.3 is 0 Å². The second-order valence-electron chi connectivity index (χ2n) is 5.73. The lowest BCUT2D eigenvalue weighted by Crippen LogP contribution is -2.34. The Morgan fingerprint density at radius 3 is 2.23 bits per heavy atom. The van der Waals surface area contributed by atoms with Gasteiger partial charge in [0.1, 0.15) is 0 Å². The number of nitrogens with one attached hydrogen (secondary N) is 1. The van der Waals surface area contributed by atoms with E-state index in [-0.39, 0.29) is 11.9 Å². The zero-order valence-corrected chi connectivity index (χ0v) is 13.8. The van der Waals surface area contributed by atoms with E-state index < -0.39 is 0 Å². The Hall–Kier alpha value is -1.91. The van der Waals surface area contributed by atoms with Gasteiger partial charge in [0.15, 0.2) is 11.5 Å². The van der Waals surface area contributed by atoms with Gasteiger partial charge < -0.3 is 19.5 Å². The molecule has 1 aliphatic carbocycles. The summed E-state index contributed by atoms with van der Waals surface area (Å²) in [5.74, 6) is 2.56. The number of amides is 1. The third-order valence-electron chi connectivity index (χ3n) is 4.08. The summed E-state index contributed by atoms with van der Waals surface area (Å²) in [5, 5.41) is 3.07. The number of hydrogen-bond donors (Lipinski definition) is 1. The van der Waals surface area contributed by atoms with Gasteiger partial charge in [0.25, 0.3) is 0 Å². The minimum absolute atomic E-state index is 0.0909. The van der Waals surface area contributed by atoms with Crippen molar-refractivity contribution in [1.82, 2.24) is 5.32 Å². The highest BCUT2D eigenvalue weighted by atomic mass is 16.5. The Bertz CT molecular complexity index is 500. The maximum absolute atomic E-state index is 12.0. The molecule has 122 valence electrons. The number of hydrogen-bond acceptors (Lipinski definition) is 4. The van der Waals surface area contributed by atoms with E-state index >= 15 is 0 Å². The molecule has 0 radical (unpaired) electrons. The van der Waals surface area contributed by atoms with Crippen molar-refractivity contribution in [3.8, 4) is 17.2 Å². The third-order valence-corrected chi connectivity index (χ3v) is 4.08. The van der Waals surface area contributed by atoms with Gasteiger partial charge in [0.05, 0.1) is 21.3 Å². The van der Waals surface area contributed by atoms with Crippen LogP contribution >= 0.6 is 0 Å². The fourth-order valence-electron chi connectivity index (χ4n) is 2.58. The average molecular weight is 307 g/mol. The molecule has 1 atom stereocenters. The summed E-state index contributed by atoms with van der Waals surface area (Å²) in [6.07, 6.45) is 3.55. The number of ether oxygens (including phenoxy) is 3. The van der Waals surface area contributed by atoms with Crippen LogP contribution in [0, 0.1) is 5.92 Å². The van der Waals surface area contributed by atoms with Gasteiger partial charge in [-0.05, 0) is 49.8 Å². The van der Waals surface area contributed by atoms with Crippen molar-refractivity contribution in [2.45, 2.75) is 38.6 Å². The van der Waals surface area contributed by atoms with Gasteiger partial charge in [0.2, 0.25) is 11.7 Å². The van der Waals surface area contributed by atoms with E-state index in [0.717, 1.165) is 5.56 Å². The standard InChI is InChI=1S/C17H25NO4/c1-11(13-6-7-13)18-16(19)8-5-12-9-14(20-2)17(22-4)15(10-12)21-3/h9-11,13H,5-8H2,1-4H3,(H,18,19). The predicted molar refractivity (Wildman–Crippen MR) is 84.7 cm³/mol. The molecule has 1 aromatic rings. The number of aryl methyl sites for hydroxylation is 1. The molecule has 1 saturated carbocycles. The van der Waals surface area contributed by atoms with E-state index in [4.69, 9.17) is 14.2 Å². The predicted octanol–water partition coefficient (Wildman–Crippen LogP) is 2.56. The molecule has 0 saturated heterocycles. The minimum atomic E-state index is 0.0909. The molecule has 22 heavy (non-hydrogen) atoms. The Balaban J connectivity index is 1.98. The first-order valence-corrected chi connectivity index (χ1v) is 7.67. The quantitative estimate of drug-likeness (QED) is 0.802. The van der Waals surface area contributed by atoms with Gasteiger partial charge in [-0.2, -0.15) is 0 Å². The smallest absolute Gasteiger partial charge is 0.220 e. The molecular formula is C17H25NO4. The maximum atomic E-state index is 12.0. The molecule has 1 amide bonds. The van der Waals surface area contributed by atoms with Crippen LogP contribution < -0.4 is 19.5 Å². The molecule has 0 spiro atoms. The molecule has 0 heterocycles. The summed E-state index contributed by atoms with van der Waals surface area (Å²) < 4.78 is 15.9. The first-order valence-electron chi connectivity index (χ1n) is 7.67. The summed E-state index contributed by atoms with van der Waals surface area (Å²) in [5.41, 5.74) is 0.990. The molecule has 1 aromatic carbocycles. The fraction of sp³-hybridized carbons (Fsp3) is 0.588. The van der Waals surface area contributed by atoms with Crippen molar-refractivity contribution in [3.63, 3.8) is 0 Å². The van der Waals surface area contributed by atoms with Crippen LogP contribution in [0.15, 0.2) is 12.1 Å². The van der Waals surface area contributed by atoms with Crippen LogP contribution in [-0.2, 0) is 11.2 Å². The topological polar surface area (TPSA) is 56.8 Å². The first kappa shape index (κ1) is 16.5. The molecule has 1 unspecified atom stereocenters. The monoisotopic (exact) mass is 307 g/mol. The van der Waals surface area contributed by atoms with Crippen molar-refractivity contribution in [2.75, 3.05) is 21.3 Å². The molecule has 0 aliphatic heterocycles. The average Bonchev–Trinajstić information content (AvgIpc) is 3.36. The van der Waals surface area contributed by atoms with Crippen molar-refractivity contribution >= 4 is 5.91 Å². The van der Waals surface area contributed by atoms with E-state index in [0.29, 0.717) is 36.0 Å². The third kappa shape index (κ3) is 4.06. The van der Waals surface area contributed by atoms with Crippen LogP contribution in [-0.4, -0.2) is 33.3 Å². The zero-order chi connectivity index (χ0) is 16.1. The van der Waals surface area contributed by atoms with E-state index in [1.54, 1.807) is 21.3 Å². The van der Waals surface area contributed by atoms with Crippen LogP contribution in [0.5, 0.6) is 17.2 Å². The number of methoxy groups -OCH3 is 3. The lowest BCUT2D eigenvalue weighted by Gasteiger charge is -2.15. The van der Waals surface area contributed by atoms with Crippen LogP contribution in [0.3, 0.4) is 0 Å². The van der Waals surface area contributed by atoms with Crippen molar-refractivity contribution in [2.24, 2.45) is 5.92 Å². The molecule has 0 aromatic heterocycles. The number of carbonyl (C=O) groups excluding carboxylic acids is 1. The van der Waals surface area contributed by atoms with E-state index in [2.05, 4.69) is 12.2 Å². The largest absolute Gasteiger partial charge is 0.493 e. The number of benzene rings is 1. The number of rotatable bonds is 8. The van der Waals surface area contributed by atoms with Crippen molar-refractivity contribution < 1.29 is 19.0 Å². The van der Waals surface area contributed by atoms with E-state index in [1.807, 2.05) is 12.1 Å². The lowest BCUT2D eigenvalue weighted by atomic mass is 10.1. The van der Waals surface area contributed by atoms with Crippen LogP contribution in [0.2, 0.25) is 0 Å². The van der Waals surface area contributed by atoms with Gasteiger partial charge in [-0.1, -0.05) is 0 Å². The second-order valence-corrected chi connectivity index (χ2v) is 5.73. The molecule has 0 bridgehead atoms. The minimum Gasteiger partial charge on any atom is -0.493 e. The summed E-state index contributed by atoms with van der Waals surface area (Å²) in [6, 6.07) is 4.06. The van der Waals surface area contributed by atoms with Crippen LogP contribution in [0.25, 0.3) is 0 Å². The highest BCUT2D eigenvalue weighted by molar-refractivity contribution is 5.76. The second kappa shape index (κ2) is 7.38. The normalized spacial score (nSPS) is 15.1. The molecule has 1 fully saturated rings. The van der Waals surface area contributed by atoms with Gasteiger partial charge in [-0.15, -0.1) is 0 Å². The fourth-order valence-corrected chi connectivity index (χ4v) is 2.58. The molecule has 2 rings (SSSR count). The van der Waals surface area contributed by atoms with Crippen LogP contribution in [0.4, 0.5) is 0 Å². The lowest BCUT2D eigenvalue weighted by molar-refractivity contribution is -0.121. The summed E-state index contributed by atoms with van der Waals surface area (Å²) in [7, 11) is 4.75. The van der Waals surface area contributed by atoms with Gasteiger partial charge in [0, 0.05) is 12.5 Å². The maximum Gasteiger partial charge on any atom is 0.220 e. The van der Waals surface area contributed by atoms with Crippen molar-refractivity contribution in [1.29, 1.82) is 0 Å². The highest BCUT2D eigenvalue weighted by Gasteiger charge is 2.28. The Labute approximate surface area is 131 Å². The molecule has 5 heteroatoms. The summed E-state index contributed by atoms with van der Waals surface area (Å²) in [4.78, 5) is 12.0. The summed E-state index contributed by atoms with van der Waals surface area (Å²) in [6.45, 7) is 2.08. The van der Waals surface area contributed by atoms with Crippen LogP contribution in [0.1, 0.15) is 31.7 Å². The van der Waals surface area contributed by atoms with Gasteiger partial charge in [-0.3, -0.25) is 4.79 Å². The molecular weight excluding hydrogens is 282 g/mol. The van der Waals surface area contributed by atoms with Gasteiger partial charge in [-0.25, -0.2) is 0 Å². The SMILES string of the molecule is COc1cc(CCC(=O)NC(C)C2CC2)cc(OC)c1OC. The zero-order valence-electron chi connectivity index (χ0n) is 13.8. The highest BCUT2D eigenvalue weighted by Crippen LogP contribution is 2.38. The Morgan fingerprint density at radius 1 is 1.18 bits per heavy atom. The summed E-state index contributed by atoms with van der Waals surface area (Å²) >= 11 is 0.